The first-order valence-corrected chi connectivity index (χ1v) is 6.05. The molecule has 0 aliphatic heterocycles. The molecule has 0 unspecified atom stereocenters. The van der Waals surface area contributed by atoms with Crippen LogP contribution in [0.2, 0.25) is 0 Å². The van der Waals surface area contributed by atoms with Gasteiger partial charge in [0, 0.05) is 19.8 Å². The summed E-state index contributed by atoms with van der Waals surface area (Å²) < 4.78 is 0. The summed E-state index contributed by atoms with van der Waals surface area (Å²) >= 11 is 0. The molecule has 0 radical (unpaired) electrons. The van der Waals surface area contributed by atoms with E-state index in [1.54, 1.807) is 0 Å². The quantitative estimate of drug-likeness (QED) is 0.429. The van der Waals surface area contributed by atoms with Crippen LogP contribution in [0, 0.1) is 6.57 Å². The first kappa shape index (κ1) is 15.0. The fourth-order valence-corrected chi connectivity index (χ4v) is 1.58. The van der Waals surface area contributed by atoms with Gasteiger partial charge in [0.25, 0.3) is 0 Å². The highest BCUT2D eigenvalue weighted by molar-refractivity contribution is 5.02. The van der Waals surface area contributed by atoms with E-state index in [0.29, 0.717) is 0 Å². The average molecular weight is 219 g/mol. The molecule has 0 saturated heterocycles. The molecule has 1 heteroatoms. The molecule has 0 aromatic carbocycles. The third-order valence-corrected chi connectivity index (χ3v) is 2.74. The van der Waals surface area contributed by atoms with E-state index in [-0.39, 0.29) is 5.54 Å². The van der Waals surface area contributed by atoms with Crippen molar-refractivity contribution in [1.82, 2.24) is 0 Å². The molecular formula is C15H25N. The minimum absolute atomic E-state index is 0.183. The Balaban J connectivity index is 4.17. The van der Waals surface area contributed by atoms with E-state index in [4.69, 9.17) is 6.57 Å². The van der Waals surface area contributed by atoms with Crippen molar-refractivity contribution in [1.29, 1.82) is 0 Å². The molecule has 0 aromatic heterocycles. The Morgan fingerprint density at radius 2 is 1.38 bits per heavy atom. The molecule has 0 heterocycles. The summed E-state index contributed by atoms with van der Waals surface area (Å²) in [6.07, 6.45) is 8.44. The second-order valence-corrected chi connectivity index (χ2v) is 5.25. The van der Waals surface area contributed by atoms with E-state index in [1.165, 1.54) is 11.1 Å². The largest absolute Gasteiger partial charge is 0.311 e. The van der Waals surface area contributed by atoms with Gasteiger partial charge in [0.15, 0.2) is 0 Å². The molecule has 0 N–H and O–H groups in total. The van der Waals surface area contributed by atoms with Crippen LogP contribution in [-0.4, -0.2) is 5.54 Å². The van der Waals surface area contributed by atoms with E-state index >= 15 is 0 Å². The number of rotatable bonds is 6. The minimum atomic E-state index is -0.183. The molecule has 1 nitrogen and oxygen atoms in total. The Morgan fingerprint density at radius 1 is 1.00 bits per heavy atom. The highest BCUT2D eigenvalue weighted by Crippen LogP contribution is 2.25. The third kappa shape index (κ3) is 7.29. The summed E-state index contributed by atoms with van der Waals surface area (Å²) in [5.41, 5.74) is 2.51. The summed E-state index contributed by atoms with van der Waals surface area (Å²) in [7, 11) is 0. The van der Waals surface area contributed by atoms with Gasteiger partial charge < -0.3 is 4.85 Å². The highest BCUT2D eigenvalue weighted by atomic mass is 14.8. The predicted octanol–water partition coefficient (Wildman–Crippen LogP) is 5.16. The van der Waals surface area contributed by atoms with Gasteiger partial charge >= 0.3 is 0 Å². The molecule has 16 heavy (non-hydrogen) atoms. The predicted molar refractivity (Wildman–Crippen MR) is 72.3 cm³/mol. The zero-order chi connectivity index (χ0) is 12.6. The number of hydrogen-bond donors (Lipinski definition) is 0. The zero-order valence-electron chi connectivity index (χ0n) is 11.4. The normalized spacial score (nSPS) is 10.5. The lowest BCUT2D eigenvalue weighted by atomic mass is 9.90. The van der Waals surface area contributed by atoms with Gasteiger partial charge in [-0.05, 0) is 40.5 Å². The van der Waals surface area contributed by atoms with Crippen LogP contribution in [0.25, 0.3) is 4.85 Å². The Bertz CT molecular complexity index is 272. The molecule has 0 rings (SSSR count). The molecule has 0 amide bonds. The van der Waals surface area contributed by atoms with Gasteiger partial charge in [-0.3, -0.25) is 0 Å². The lowest BCUT2D eigenvalue weighted by Crippen LogP contribution is -2.18. The van der Waals surface area contributed by atoms with Gasteiger partial charge in [-0.2, -0.15) is 0 Å². The summed E-state index contributed by atoms with van der Waals surface area (Å²) in [5, 5.41) is 0. The molecule has 0 atom stereocenters. The Morgan fingerprint density at radius 3 is 1.62 bits per heavy atom. The Kier molecular flexibility index (Phi) is 6.81. The van der Waals surface area contributed by atoms with Crippen molar-refractivity contribution in [3.05, 3.63) is 34.7 Å². The SMILES string of the molecule is [C-]#[N+]C(C)(CCC=C(C)C)CCC=C(C)C. The number of nitrogens with zero attached hydrogens (tertiary/aromatic N) is 1. The van der Waals surface area contributed by atoms with Crippen molar-refractivity contribution in [3.63, 3.8) is 0 Å². The molecule has 0 aromatic rings. The van der Waals surface area contributed by atoms with Crippen molar-refractivity contribution >= 4 is 0 Å². The highest BCUT2D eigenvalue weighted by Gasteiger charge is 2.27. The maximum Gasteiger partial charge on any atom is 0.230 e. The van der Waals surface area contributed by atoms with Crippen molar-refractivity contribution in [2.75, 3.05) is 0 Å². The Hall–Kier alpha value is -1.03. The fourth-order valence-electron chi connectivity index (χ4n) is 1.58. The summed E-state index contributed by atoms with van der Waals surface area (Å²) in [6.45, 7) is 17.8. The van der Waals surface area contributed by atoms with Crippen LogP contribution >= 0.6 is 0 Å². The summed E-state index contributed by atoms with van der Waals surface area (Å²) in [5.74, 6) is 0. The maximum absolute atomic E-state index is 7.31. The molecule has 0 aliphatic carbocycles. The smallest absolute Gasteiger partial charge is 0.230 e. The van der Waals surface area contributed by atoms with Crippen LogP contribution in [-0.2, 0) is 0 Å². The van der Waals surface area contributed by atoms with Gasteiger partial charge in [-0.1, -0.05) is 23.3 Å². The topological polar surface area (TPSA) is 4.36 Å². The van der Waals surface area contributed by atoms with Gasteiger partial charge in [-0.25, -0.2) is 6.57 Å². The van der Waals surface area contributed by atoms with Gasteiger partial charge in [-0.15, -0.1) is 0 Å². The molecule has 90 valence electrons. The second kappa shape index (κ2) is 7.28. The molecule has 0 bridgehead atoms. The zero-order valence-corrected chi connectivity index (χ0v) is 11.4. The maximum atomic E-state index is 7.31. The van der Waals surface area contributed by atoms with Crippen LogP contribution < -0.4 is 0 Å². The first-order chi connectivity index (χ1) is 7.39. The van der Waals surface area contributed by atoms with Crippen molar-refractivity contribution in [2.24, 2.45) is 0 Å². The summed E-state index contributed by atoms with van der Waals surface area (Å²) in [6, 6.07) is 0. The molecular weight excluding hydrogens is 194 g/mol. The second-order valence-electron chi connectivity index (χ2n) is 5.25. The lowest BCUT2D eigenvalue weighted by Gasteiger charge is -2.15. The van der Waals surface area contributed by atoms with E-state index in [1.807, 2.05) is 0 Å². The van der Waals surface area contributed by atoms with Crippen LogP contribution in [0.3, 0.4) is 0 Å². The van der Waals surface area contributed by atoms with Crippen molar-refractivity contribution in [3.8, 4) is 0 Å². The minimum Gasteiger partial charge on any atom is -0.311 e. The van der Waals surface area contributed by atoms with Gasteiger partial charge in [0.1, 0.15) is 0 Å². The first-order valence-electron chi connectivity index (χ1n) is 6.05. The average Bonchev–Trinajstić information content (AvgIpc) is 2.16. The van der Waals surface area contributed by atoms with E-state index in [0.717, 1.165) is 25.7 Å². The van der Waals surface area contributed by atoms with Crippen molar-refractivity contribution in [2.45, 2.75) is 65.8 Å². The molecule has 0 aliphatic rings. The van der Waals surface area contributed by atoms with Crippen LogP contribution in [0.4, 0.5) is 0 Å². The molecule has 0 fully saturated rings. The lowest BCUT2D eigenvalue weighted by molar-refractivity contribution is 0.477. The summed E-state index contributed by atoms with van der Waals surface area (Å²) in [4.78, 5) is 3.81. The van der Waals surface area contributed by atoms with Crippen LogP contribution in [0.5, 0.6) is 0 Å². The number of allylic oxidation sites excluding steroid dienone is 4. The van der Waals surface area contributed by atoms with Crippen molar-refractivity contribution < 1.29 is 0 Å². The monoisotopic (exact) mass is 219 g/mol. The van der Waals surface area contributed by atoms with Gasteiger partial charge in [0.05, 0.1) is 0 Å². The van der Waals surface area contributed by atoms with E-state index < -0.39 is 0 Å². The van der Waals surface area contributed by atoms with E-state index in [2.05, 4.69) is 51.6 Å². The van der Waals surface area contributed by atoms with Gasteiger partial charge in [0.2, 0.25) is 5.54 Å². The molecule has 0 saturated carbocycles. The van der Waals surface area contributed by atoms with Crippen LogP contribution in [0.1, 0.15) is 60.3 Å². The van der Waals surface area contributed by atoms with E-state index in [9.17, 15) is 0 Å². The Labute approximate surface area is 101 Å². The number of hydrogen-bond acceptors (Lipinski definition) is 0. The molecule has 0 spiro atoms. The third-order valence-electron chi connectivity index (χ3n) is 2.74. The standard InChI is InChI=1S/C15H25N/c1-13(2)9-7-11-15(5,16-6)12-8-10-14(3)4/h9-10H,7-8,11-12H2,1-5H3. The fraction of sp³-hybridized carbons (Fsp3) is 0.667. The van der Waals surface area contributed by atoms with Crippen LogP contribution in [0.15, 0.2) is 23.3 Å².